The van der Waals surface area contributed by atoms with Crippen molar-refractivity contribution < 1.29 is 9.53 Å². The Morgan fingerprint density at radius 1 is 1.42 bits per heavy atom. The minimum atomic E-state index is -0.627. The standard InChI is InChI=1S/C18H16BrN5O2/c1-18(10-26-9-16(21)24-18)12-4-13(19)6-14(5-12)23-17(25)15-3-2-11(7-20)8-22-15/h2-6,8H,9-10H2,1H3,(H2,21,24)(H,23,25)/t18-/m0/s1. The molecule has 0 aliphatic carbocycles. The van der Waals surface area contributed by atoms with Gasteiger partial charge in [-0.3, -0.25) is 9.79 Å². The lowest BCUT2D eigenvalue weighted by Gasteiger charge is -2.30. The number of halogens is 1. The first-order valence-corrected chi connectivity index (χ1v) is 8.59. The van der Waals surface area contributed by atoms with E-state index >= 15 is 0 Å². The maximum atomic E-state index is 12.4. The Morgan fingerprint density at radius 3 is 2.88 bits per heavy atom. The van der Waals surface area contributed by atoms with Crippen LogP contribution in [0.3, 0.4) is 0 Å². The second-order valence-corrected chi connectivity index (χ2v) is 7.01. The average Bonchev–Trinajstić information content (AvgIpc) is 2.61. The van der Waals surface area contributed by atoms with Gasteiger partial charge in [-0.15, -0.1) is 0 Å². The summed E-state index contributed by atoms with van der Waals surface area (Å²) in [6, 6.07) is 10.6. The van der Waals surface area contributed by atoms with E-state index in [1.165, 1.54) is 12.3 Å². The van der Waals surface area contributed by atoms with Crippen LogP contribution < -0.4 is 11.1 Å². The van der Waals surface area contributed by atoms with Crippen LogP contribution in [0.15, 0.2) is 46.0 Å². The highest BCUT2D eigenvalue weighted by molar-refractivity contribution is 9.10. The van der Waals surface area contributed by atoms with Gasteiger partial charge in [0, 0.05) is 16.4 Å². The molecule has 1 amide bonds. The van der Waals surface area contributed by atoms with Crippen molar-refractivity contribution in [2.24, 2.45) is 10.7 Å². The summed E-state index contributed by atoms with van der Waals surface area (Å²) in [5.41, 5.74) is 7.26. The quantitative estimate of drug-likeness (QED) is 0.802. The number of aliphatic imine (C=N–C) groups is 1. The van der Waals surface area contributed by atoms with Gasteiger partial charge in [0.25, 0.3) is 5.91 Å². The van der Waals surface area contributed by atoms with Crippen molar-refractivity contribution in [1.29, 1.82) is 5.26 Å². The number of carbonyl (C=O) groups is 1. The first-order chi connectivity index (χ1) is 12.4. The third kappa shape index (κ3) is 3.90. The lowest BCUT2D eigenvalue weighted by molar-refractivity contribution is 0.102. The number of anilines is 1. The fourth-order valence-electron chi connectivity index (χ4n) is 2.65. The number of ether oxygens (including phenoxy) is 1. The van der Waals surface area contributed by atoms with E-state index in [-0.39, 0.29) is 11.6 Å². The number of hydrogen-bond acceptors (Lipinski definition) is 6. The van der Waals surface area contributed by atoms with Gasteiger partial charge >= 0.3 is 0 Å². The van der Waals surface area contributed by atoms with Crippen molar-refractivity contribution in [3.63, 3.8) is 0 Å². The van der Waals surface area contributed by atoms with Gasteiger partial charge in [0.15, 0.2) is 0 Å². The Hall–Kier alpha value is -2.76. The number of pyridine rings is 1. The largest absolute Gasteiger partial charge is 0.386 e. The van der Waals surface area contributed by atoms with Crippen LogP contribution in [-0.4, -0.2) is 29.9 Å². The molecule has 2 heterocycles. The maximum Gasteiger partial charge on any atom is 0.274 e. The van der Waals surface area contributed by atoms with Crippen molar-refractivity contribution in [3.8, 4) is 6.07 Å². The number of nitrogens with one attached hydrogen (secondary N) is 1. The molecular formula is C18H16BrN5O2. The molecule has 0 radical (unpaired) electrons. The first-order valence-electron chi connectivity index (χ1n) is 7.80. The van der Waals surface area contributed by atoms with Crippen molar-refractivity contribution in [2.75, 3.05) is 18.5 Å². The molecule has 1 atom stereocenters. The summed E-state index contributed by atoms with van der Waals surface area (Å²) in [6.45, 7) is 2.64. The van der Waals surface area contributed by atoms with Crippen molar-refractivity contribution in [3.05, 3.63) is 57.8 Å². The number of nitriles is 1. The van der Waals surface area contributed by atoms with Crippen molar-refractivity contribution in [2.45, 2.75) is 12.5 Å². The predicted octanol–water partition coefficient (Wildman–Crippen LogP) is 2.57. The van der Waals surface area contributed by atoms with Gasteiger partial charge in [-0.05, 0) is 42.8 Å². The summed E-state index contributed by atoms with van der Waals surface area (Å²) < 4.78 is 6.30. The maximum absolute atomic E-state index is 12.4. The average molecular weight is 414 g/mol. The van der Waals surface area contributed by atoms with E-state index in [2.05, 4.69) is 31.2 Å². The number of amides is 1. The van der Waals surface area contributed by atoms with E-state index in [0.717, 1.165) is 10.0 Å². The summed E-state index contributed by atoms with van der Waals surface area (Å²) in [6.07, 6.45) is 1.36. The van der Waals surface area contributed by atoms with E-state index < -0.39 is 5.54 Å². The second-order valence-electron chi connectivity index (χ2n) is 6.10. The summed E-state index contributed by atoms with van der Waals surface area (Å²) in [5.74, 6) is 0.0673. The number of benzene rings is 1. The highest BCUT2D eigenvalue weighted by Crippen LogP contribution is 2.32. The van der Waals surface area contributed by atoms with Crippen LogP contribution >= 0.6 is 15.9 Å². The van der Waals surface area contributed by atoms with E-state index in [1.54, 1.807) is 12.1 Å². The number of carbonyl (C=O) groups excluding carboxylic acids is 1. The molecule has 1 aromatic carbocycles. The number of aromatic nitrogens is 1. The topological polar surface area (TPSA) is 113 Å². The predicted molar refractivity (Wildman–Crippen MR) is 101 cm³/mol. The molecule has 0 bridgehead atoms. The van der Waals surface area contributed by atoms with Crippen molar-refractivity contribution in [1.82, 2.24) is 4.98 Å². The molecular weight excluding hydrogens is 398 g/mol. The molecule has 3 N–H and O–H groups in total. The van der Waals surface area contributed by atoms with Gasteiger partial charge in [-0.2, -0.15) is 5.26 Å². The Kier molecular flexibility index (Phi) is 5.02. The minimum Gasteiger partial charge on any atom is -0.386 e. The Bertz CT molecular complexity index is 920. The number of rotatable bonds is 3. The fraction of sp³-hybridized carbons (Fsp3) is 0.222. The van der Waals surface area contributed by atoms with Gasteiger partial charge in [0.1, 0.15) is 29.7 Å². The van der Waals surface area contributed by atoms with E-state index in [4.69, 9.17) is 15.7 Å². The molecule has 7 nitrogen and oxygen atoms in total. The normalized spacial score (nSPS) is 19.3. The zero-order chi connectivity index (χ0) is 18.7. The molecule has 2 aromatic rings. The summed E-state index contributed by atoms with van der Waals surface area (Å²) >= 11 is 3.46. The van der Waals surface area contributed by atoms with Gasteiger partial charge < -0.3 is 15.8 Å². The monoisotopic (exact) mass is 413 g/mol. The zero-order valence-electron chi connectivity index (χ0n) is 14.0. The van der Waals surface area contributed by atoms with Crippen LogP contribution in [0.2, 0.25) is 0 Å². The third-order valence-corrected chi connectivity index (χ3v) is 4.38. The third-order valence-electron chi connectivity index (χ3n) is 3.93. The molecule has 132 valence electrons. The Labute approximate surface area is 159 Å². The molecule has 0 saturated heterocycles. The molecule has 8 heteroatoms. The lowest BCUT2D eigenvalue weighted by Crippen LogP contribution is -2.37. The summed E-state index contributed by atoms with van der Waals surface area (Å²) in [7, 11) is 0. The van der Waals surface area contributed by atoms with E-state index in [0.29, 0.717) is 30.3 Å². The zero-order valence-corrected chi connectivity index (χ0v) is 15.6. The van der Waals surface area contributed by atoms with Gasteiger partial charge in [0.2, 0.25) is 0 Å². The fourth-order valence-corrected chi connectivity index (χ4v) is 3.14. The molecule has 1 aliphatic heterocycles. The lowest BCUT2D eigenvalue weighted by atomic mass is 9.92. The summed E-state index contributed by atoms with van der Waals surface area (Å²) in [4.78, 5) is 20.9. The van der Waals surface area contributed by atoms with Crippen LogP contribution in [-0.2, 0) is 10.3 Å². The molecule has 0 saturated carbocycles. The van der Waals surface area contributed by atoms with Gasteiger partial charge in [0.05, 0.1) is 12.2 Å². The SMILES string of the molecule is C[C@@]1(c2cc(Br)cc(NC(=O)c3ccc(C#N)cn3)c2)COCC(N)=N1. The molecule has 26 heavy (non-hydrogen) atoms. The first kappa shape index (κ1) is 18.0. The summed E-state index contributed by atoms with van der Waals surface area (Å²) in [5, 5.41) is 11.6. The minimum absolute atomic E-state index is 0.222. The molecule has 0 fully saturated rings. The van der Waals surface area contributed by atoms with Gasteiger partial charge in [-0.1, -0.05) is 15.9 Å². The highest BCUT2D eigenvalue weighted by atomic mass is 79.9. The molecule has 0 spiro atoms. The Morgan fingerprint density at radius 2 is 2.23 bits per heavy atom. The number of hydrogen-bond donors (Lipinski definition) is 2. The van der Waals surface area contributed by atoms with Crippen LogP contribution in [0.25, 0.3) is 0 Å². The van der Waals surface area contributed by atoms with Gasteiger partial charge in [-0.25, -0.2) is 4.98 Å². The second kappa shape index (κ2) is 7.23. The van der Waals surface area contributed by atoms with Crippen molar-refractivity contribution >= 4 is 33.4 Å². The number of amidine groups is 1. The Balaban J connectivity index is 1.87. The molecule has 0 unspecified atom stereocenters. The molecule has 1 aliphatic rings. The smallest absolute Gasteiger partial charge is 0.274 e. The number of nitrogens with zero attached hydrogens (tertiary/aromatic N) is 3. The number of nitrogens with two attached hydrogens (primary N) is 1. The molecule has 1 aromatic heterocycles. The van der Waals surface area contributed by atoms with Crippen LogP contribution in [0.1, 0.15) is 28.5 Å². The highest BCUT2D eigenvalue weighted by Gasteiger charge is 2.30. The van der Waals surface area contributed by atoms with Crippen LogP contribution in [0.4, 0.5) is 5.69 Å². The molecule has 3 rings (SSSR count). The van der Waals surface area contributed by atoms with Crippen LogP contribution in [0.5, 0.6) is 0 Å². The van der Waals surface area contributed by atoms with E-state index in [1.807, 2.05) is 25.1 Å². The van der Waals surface area contributed by atoms with E-state index in [9.17, 15) is 4.79 Å². The van der Waals surface area contributed by atoms with Crippen LogP contribution in [0, 0.1) is 11.3 Å².